The molecule has 1 atom stereocenters. The predicted octanol–water partition coefficient (Wildman–Crippen LogP) is 1.75. The summed E-state index contributed by atoms with van der Waals surface area (Å²) in [6.07, 6.45) is 2.49. The Bertz CT molecular complexity index is 98.5. The molecule has 0 heterocycles. The SMILES string of the molecule is CSC(C)CNCCOC(C)C. The van der Waals surface area contributed by atoms with Crippen molar-refractivity contribution in [1.82, 2.24) is 5.32 Å². The second kappa shape index (κ2) is 7.90. The molecule has 0 aromatic rings. The molecular weight excluding hydrogens is 170 g/mol. The molecule has 0 bridgehead atoms. The van der Waals surface area contributed by atoms with E-state index < -0.39 is 0 Å². The zero-order valence-electron chi connectivity index (χ0n) is 8.59. The van der Waals surface area contributed by atoms with E-state index in [0.717, 1.165) is 19.7 Å². The molecule has 3 heteroatoms. The van der Waals surface area contributed by atoms with E-state index in [-0.39, 0.29) is 0 Å². The fourth-order valence-corrected chi connectivity index (χ4v) is 1.04. The number of hydrogen-bond donors (Lipinski definition) is 1. The molecule has 0 radical (unpaired) electrons. The van der Waals surface area contributed by atoms with Gasteiger partial charge in [-0.25, -0.2) is 0 Å². The van der Waals surface area contributed by atoms with Crippen LogP contribution in [0.25, 0.3) is 0 Å². The molecule has 2 nitrogen and oxygen atoms in total. The number of hydrogen-bond acceptors (Lipinski definition) is 3. The molecular formula is C9H21NOS. The first-order valence-corrected chi connectivity index (χ1v) is 5.80. The molecule has 0 spiro atoms. The molecule has 0 aliphatic rings. The highest BCUT2D eigenvalue weighted by Gasteiger charge is 1.97. The molecule has 0 saturated heterocycles. The van der Waals surface area contributed by atoms with Crippen molar-refractivity contribution in [2.75, 3.05) is 26.0 Å². The second-order valence-electron chi connectivity index (χ2n) is 3.17. The number of thioether (sulfide) groups is 1. The van der Waals surface area contributed by atoms with Gasteiger partial charge in [0.25, 0.3) is 0 Å². The highest BCUT2D eigenvalue weighted by molar-refractivity contribution is 7.99. The van der Waals surface area contributed by atoms with E-state index in [9.17, 15) is 0 Å². The third-order valence-corrected chi connectivity index (χ3v) is 2.54. The highest BCUT2D eigenvalue weighted by atomic mass is 32.2. The van der Waals surface area contributed by atoms with Gasteiger partial charge in [-0.05, 0) is 20.1 Å². The van der Waals surface area contributed by atoms with Gasteiger partial charge in [-0.15, -0.1) is 0 Å². The minimum absolute atomic E-state index is 0.352. The van der Waals surface area contributed by atoms with Gasteiger partial charge in [0.2, 0.25) is 0 Å². The van der Waals surface area contributed by atoms with Crippen molar-refractivity contribution >= 4 is 11.8 Å². The molecule has 0 rings (SSSR count). The van der Waals surface area contributed by atoms with E-state index in [1.165, 1.54) is 0 Å². The Morgan fingerprint density at radius 2 is 2.00 bits per heavy atom. The number of rotatable bonds is 7. The van der Waals surface area contributed by atoms with E-state index >= 15 is 0 Å². The van der Waals surface area contributed by atoms with Crippen LogP contribution < -0.4 is 5.32 Å². The smallest absolute Gasteiger partial charge is 0.0594 e. The molecule has 0 aromatic heterocycles. The third kappa shape index (κ3) is 8.37. The summed E-state index contributed by atoms with van der Waals surface area (Å²) in [4.78, 5) is 0. The summed E-state index contributed by atoms with van der Waals surface area (Å²) in [5, 5.41) is 4.04. The zero-order chi connectivity index (χ0) is 9.40. The fourth-order valence-electron chi connectivity index (χ4n) is 0.755. The van der Waals surface area contributed by atoms with Gasteiger partial charge in [-0.1, -0.05) is 6.92 Å². The van der Waals surface area contributed by atoms with Crippen molar-refractivity contribution in [2.45, 2.75) is 32.1 Å². The molecule has 0 aromatic carbocycles. The molecule has 1 N–H and O–H groups in total. The molecule has 0 aliphatic carbocycles. The lowest BCUT2D eigenvalue weighted by Gasteiger charge is -2.11. The van der Waals surface area contributed by atoms with Crippen LogP contribution in [0.4, 0.5) is 0 Å². The maximum atomic E-state index is 5.39. The molecule has 0 fully saturated rings. The van der Waals surface area contributed by atoms with Gasteiger partial charge in [0, 0.05) is 18.3 Å². The van der Waals surface area contributed by atoms with E-state index in [1.54, 1.807) is 0 Å². The fraction of sp³-hybridized carbons (Fsp3) is 1.00. The molecule has 12 heavy (non-hydrogen) atoms. The average Bonchev–Trinajstić information content (AvgIpc) is 2.03. The third-order valence-electron chi connectivity index (χ3n) is 1.56. The van der Waals surface area contributed by atoms with Crippen molar-refractivity contribution in [3.8, 4) is 0 Å². The summed E-state index contributed by atoms with van der Waals surface area (Å²) < 4.78 is 5.39. The highest BCUT2D eigenvalue weighted by Crippen LogP contribution is 2.01. The first kappa shape index (κ1) is 12.3. The topological polar surface area (TPSA) is 21.3 Å². The maximum absolute atomic E-state index is 5.39. The van der Waals surface area contributed by atoms with Crippen molar-refractivity contribution in [2.24, 2.45) is 0 Å². The van der Waals surface area contributed by atoms with Gasteiger partial charge < -0.3 is 10.1 Å². The van der Waals surface area contributed by atoms with E-state index in [0.29, 0.717) is 11.4 Å². The summed E-state index contributed by atoms with van der Waals surface area (Å²) in [5.74, 6) is 0. The van der Waals surface area contributed by atoms with Gasteiger partial charge in [-0.3, -0.25) is 0 Å². The molecule has 0 saturated carbocycles. The Hall–Kier alpha value is 0.270. The van der Waals surface area contributed by atoms with E-state index in [1.807, 2.05) is 11.8 Å². The standard InChI is InChI=1S/C9H21NOS/c1-8(2)11-6-5-10-7-9(3)12-4/h8-10H,5-7H2,1-4H3. The Kier molecular flexibility index (Phi) is 8.07. The van der Waals surface area contributed by atoms with Crippen LogP contribution in [0.5, 0.6) is 0 Å². The van der Waals surface area contributed by atoms with Crippen molar-refractivity contribution in [3.63, 3.8) is 0 Å². The normalized spacial score (nSPS) is 13.8. The van der Waals surface area contributed by atoms with Crippen LogP contribution in [0.2, 0.25) is 0 Å². The summed E-state index contributed by atoms with van der Waals surface area (Å²) >= 11 is 1.89. The predicted molar refractivity (Wildman–Crippen MR) is 56.9 cm³/mol. The average molecular weight is 191 g/mol. The van der Waals surface area contributed by atoms with Gasteiger partial charge in [0.15, 0.2) is 0 Å². The minimum Gasteiger partial charge on any atom is -0.377 e. The largest absolute Gasteiger partial charge is 0.377 e. The van der Waals surface area contributed by atoms with Crippen LogP contribution >= 0.6 is 11.8 Å². The lowest BCUT2D eigenvalue weighted by atomic mass is 10.4. The van der Waals surface area contributed by atoms with Gasteiger partial charge >= 0.3 is 0 Å². The number of nitrogens with one attached hydrogen (secondary N) is 1. The van der Waals surface area contributed by atoms with Crippen molar-refractivity contribution in [1.29, 1.82) is 0 Å². The first-order chi connectivity index (χ1) is 5.66. The van der Waals surface area contributed by atoms with Crippen LogP contribution in [0, 0.1) is 0 Å². The monoisotopic (exact) mass is 191 g/mol. The van der Waals surface area contributed by atoms with Crippen LogP contribution in [0.15, 0.2) is 0 Å². The molecule has 74 valence electrons. The van der Waals surface area contributed by atoms with Crippen molar-refractivity contribution in [3.05, 3.63) is 0 Å². The van der Waals surface area contributed by atoms with Crippen molar-refractivity contribution < 1.29 is 4.74 Å². The lowest BCUT2D eigenvalue weighted by molar-refractivity contribution is 0.0810. The van der Waals surface area contributed by atoms with E-state index in [2.05, 4.69) is 32.3 Å². The maximum Gasteiger partial charge on any atom is 0.0594 e. The van der Waals surface area contributed by atoms with Crippen LogP contribution in [0.1, 0.15) is 20.8 Å². The second-order valence-corrected chi connectivity index (χ2v) is 4.45. The Morgan fingerprint density at radius 1 is 1.33 bits per heavy atom. The van der Waals surface area contributed by atoms with Crippen LogP contribution in [0.3, 0.4) is 0 Å². The Labute approximate surface area is 80.4 Å². The minimum atomic E-state index is 0.352. The lowest BCUT2D eigenvalue weighted by Crippen LogP contribution is -2.27. The first-order valence-electron chi connectivity index (χ1n) is 4.52. The summed E-state index contributed by atoms with van der Waals surface area (Å²) in [6, 6.07) is 0. The quantitative estimate of drug-likeness (QED) is 0.620. The van der Waals surface area contributed by atoms with Gasteiger partial charge in [-0.2, -0.15) is 11.8 Å². The van der Waals surface area contributed by atoms with Crippen LogP contribution in [-0.2, 0) is 4.74 Å². The molecule has 0 aliphatic heterocycles. The molecule has 1 unspecified atom stereocenters. The van der Waals surface area contributed by atoms with Gasteiger partial charge in [0.1, 0.15) is 0 Å². The van der Waals surface area contributed by atoms with E-state index in [4.69, 9.17) is 4.74 Å². The summed E-state index contributed by atoms with van der Waals surface area (Å²) in [5.41, 5.74) is 0. The zero-order valence-corrected chi connectivity index (χ0v) is 9.41. The Morgan fingerprint density at radius 3 is 2.50 bits per heavy atom. The molecule has 0 amide bonds. The summed E-state index contributed by atoms with van der Waals surface area (Å²) in [6.45, 7) is 9.19. The number of ether oxygens (including phenoxy) is 1. The summed E-state index contributed by atoms with van der Waals surface area (Å²) in [7, 11) is 0. The Balaban J connectivity index is 3.00. The van der Waals surface area contributed by atoms with Crippen LogP contribution in [-0.4, -0.2) is 37.3 Å². The van der Waals surface area contributed by atoms with Gasteiger partial charge in [0.05, 0.1) is 12.7 Å².